The lowest BCUT2D eigenvalue weighted by Gasteiger charge is -2.26. The molecule has 0 N–H and O–H groups in total. The minimum atomic E-state index is 0.0800. The van der Waals surface area contributed by atoms with Crippen LogP contribution in [0.15, 0.2) is 54.6 Å². The quantitative estimate of drug-likeness (QED) is 0.801. The molecule has 148 valence electrons. The Balaban J connectivity index is 1.59. The molecule has 2 aromatic rings. The highest BCUT2D eigenvalue weighted by molar-refractivity contribution is 5.95. The van der Waals surface area contributed by atoms with Gasteiger partial charge in [-0.05, 0) is 44.5 Å². The topological polar surface area (TPSA) is 43.9 Å². The van der Waals surface area contributed by atoms with E-state index in [2.05, 4.69) is 4.90 Å². The number of aryl methyl sites for hydroxylation is 1. The normalized spacial score (nSPS) is 15.1. The van der Waals surface area contributed by atoms with Crippen LogP contribution in [0.1, 0.15) is 29.3 Å². The van der Waals surface area contributed by atoms with Crippen molar-refractivity contribution in [3.8, 4) is 0 Å². The van der Waals surface area contributed by atoms with Crippen molar-refractivity contribution < 1.29 is 9.59 Å². The number of likely N-dealkylation sites (N-methyl/N-ethyl adjacent to an activating group) is 1. The first kappa shape index (κ1) is 20.1. The van der Waals surface area contributed by atoms with Crippen LogP contribution in [-0.2, 0) is 4.79 Å². The van der Waals surface area contributed by atoms with Crippen LogP contribution in [0.5, 0.6) is 0 Å². The highest BCUT2D eigenvalue weighted by atomic mass is 16.2. The highest BCUT2D eigenvalue weighted by Crippen LogP contribution is 2.15. The van der Waals surface area contributed by atoms with E-state index in [4.69, 9.17) is 0 Å². The monoisotopic (exact) mass is 379 g/mol. The predicted octanol–water partition coefficient (Wildman–Crippen LogP) is 3.20. The Morgan fingerprint density at radius 2 is 1.75 bits per heavy atom. The van der Waals surface area contributed by atoms with Gasteiger partial charge in [-0.25, -0.2) is 0 Å². The zero-order valence-electron chi connectivity index (χ0n) is 16.8. The van der Waals surface area contributed by atoms with Crippen molar-refractivity contribution in [3.63, 3.8) is 0 Å². The highest BCUT2D eigenvalue weighted by Gasteiger charge is 2.23. The van der Waals surface area contributed by atoms with E-state index in [9.17, 15) is 9.59 Å². The van der Waals surface area contributed by atoms with Crippen LogP contribution in [-0.4, -0.2) is 60.9 Å². The first-order valence-corrected chi connectivity index (χ1v) is 10.0. The summed E-state index contributed by atoms with van der Waals surface area (Å²) in [5, 5.41) is 0. The summed E-state index contributed by atoms with van der Waals surface area (Å²) >= 11 is 0. The molecule has 28 heavy (non-hydrogen) atoms. The molecule has 0 aliphatic carbocycles. The third-order valence-corrected chi connectivity index (χ3v) is 5.18. The maximum atomic E-state index is 12.8. The average molecular weight is 380 g/mol. The number of carbonyl (C=O) groups is 2. The summed E-state index contributed by atoms with van der Waals surface area (Å²) < 4.78 is 0. The van der Waals surface area contributed by atoms with Gasteiger partial charge in [0.25, 0.3) is 5.91 Å². The molecular weight excluding hydrogens is 350 g/mol. The maximum Gasteiger partial charge on any atom is 0.253 e. The Kier molecular flexibility index (Phi) is 6.82. The van der Waals surface area contributed by atoms with Crippen molar-refractivity contribution in [1.82, 2.24) is 9.80 Å². The van der Waals surface area contributed by atoms with Crippen molar-refractivity contribution >= 4 is 17.5 Å². The van der Waals surface area contributed by atoms with Crippen LogP contribution in [0, 0.1) is 6.92 Å². The predicted molar refractivity (Wildman–Crippen MR) is 113 cm³/mol. The van der Waals surface area contributed by atoms with Crippen molar-refractivity contribution in [3.05, 3.63) is 65.7 Å². The molecule has 1 heterocycles. The van der Waals surface area contributed by atoms with E-state index in [1.807, 2.05) is 78.2 Å². The number of amides is 2. The molecule has 0 unspecified atom stereocenters. The number of rotatable bonds is 5. The summed E-state index contributed by atoms with van der Waals surface area (Å²) in [6, 6.07) is 17.5. The smallest absolute Gasteiger partial charge is 0.253 e. The van der Waals surface area contributed by atoms with Gasteiger partial charge >= 0.3 is 0 Å². The molecule has 0 saturated carbocycles. The molecule has 0 radical (unpaired) electrons. The molecule has 3 rings (SSSR count). The molecule has 0 atom stereocenters. The van der Waals surface area contributed by atoms with E-state index in [1.54, 1.807) is 0 Å². The van der Waals surface area contributed by atoms with Crippen LogP contribution < -0.4 is 4.90 Å². The Morgan fingerprint density at radius 1 is 0.964 bits per heavy atom. The maximum absolute atomic E-state index is 12.8. The van der Waals surface area contributed by atoms with Gasteiger partial charge in [0.1, 0.15) is 0 Å². The van der Waals surface area contributed by atoms with Gasteiger partial charge in [-0.15, -0.1) is 0 Å². The Hall–Kier alpha value is -2.66. The fourth-order valence-electron chi connectivity index (χ4n) is 3.68. The van der Waals surface area contributed by atoms with E-state index in [0.29, 0.717) is 19.6 Å². The Labute approximate surface area is 167 Å². The van der Waals surface area contributed by atoms with Crippen molar-refractivity contribution in [1.29, 1.82) is 0 Å². The lowest BCUT2D eigenvalue weighted by Crippen LogP contribution is -2.42. The number of nitrogens with zero attached hydrogens (tertiary/aromatic N) is 3. The molecular formula is C23H29N3O2. The Bertz CT molecular complexity index is 807. The summed E-state index contributed by atoms with van der Waals surface area (Å²) in [6.07, 6.45) is 0.877. The molecule has 1 aliphatic heterocycles. The third-order valence-electron chi connectivity index (χ3n) is 5.18. The number of hydrogen-bond donors (Lipinski definition) is 0. The SMILES string of the molecule is CCN(C(=O)CN1CCCN(C(=O)c2cccc(C)c2)CC1)c1ccccc1. The van der Waals surface area contributed by atoms with Gasteiger partial charge < -0.3 is 9.80 Å². The lowest BCUT2D eigenvalue weighted by molar-refractivity contribution is -0.119. The molecule has 5 nitrogen and oxygen atoms in total. The van der Waals surface area contributed by atoms with Gasteiger partial charge in [0.2, 0.25) is 5.91 Å². The van der Waals surface area contributed by atoms with E-state index in [1.165, 1.54) is 0 Å². The molecule has 1 aliphatic rings. The molecule has 2 amide bonds. The third kappa shape index (κ3) is 4.98. The summed E-state index contributed by atoms with van der Waals surface area (Å²) in [5.74, 6) is 0.184. The number of carbonyl (C=O) groups excluding carboxylic acids is 2. The Morgan fingerprint density at radius 3 is 2.46 bits per heavy atom. The van der Waals surface area contributed by atoms with E-state index in [-0.39, 0.29) is 11.8 Å². The summed E-state index contributed by atoms with van der Waals surface area (Å²) in [5.41, 5.74) is 2.76. The molecule has 0 spiro atoms. The number of anilines is 1. The van der Waals surface area contributed by atoms with Gasteiger partial charge in [0.15, 0.2) is 0 Å². The van der Waals surface area contributed by atoms with E-state index >= 15 is 0 Å². The summed E-state index contributed by atoms with van der Waals surface area (Å²) in [7, 11) is 0. The van der Waals surface area contributed by atoms with Gasteiger partial charge in [-0.1, -0.05) is 35.9 Å². The van der Waals surface area contributed by atoms with Gasteiger partial charge in [-0.3, -0.25) is 14.5 Å². The van der Waals surface area contributed by atoms with Gasteiger partial charge in [-0.2, -0.15) is 0 Å². The minimum Gasteiger partial charge on any atom is -0.337 e. The van der Waals surface area contributed by atoms with Crippen molar-refractivity contribution in [2.24, 2.45) is 0 Å². The van der Waals surface area contributed by atoms with E-state index in [0.717, 1.165) is 42.9 Å². The summed E-state index contributed by atoms with van der Waals surface area (Å²) in [6.45, 7) is 7.95. The molecule has 5 heteroatoms. The van der Waals surface area contributed by atoms with Crippen LogP contribution in [0.4, 0.5) is 5.69 Å². The minimum absolute atomic E-state index is 0.0800. The van der Waals surface area contributed by atoms with Gasteiger partial charge in [0, 0.05) is 44.0 Å². The molecule has 0 aromatic heterocycles. The fourth-order valence-corrected chi connectivity index (χ4v) is 3.68. The average Bonchev–Trinajstić information content (AvgIpc) is 2.94. The molecule has 1 fully saturated rings. The summed E-state index contributed by atoms with van der Waals surface area (Å²) in [4.78, 5) is 31.5. The zero-order chi connectivity index (χ0) is 19.9. The van der Waals surface area contributed by atoms with Crippen LogP contribution in [0.2, 0.25) is 0 Å². The number of benzene rings is 2. The van der Waals surface area contributed by atoms with Crippen LogP contribution in [0.3, 0.4) is 0 Å². The second kappa shape index (κ2) is 9.51. The standard InChI is InChI=1S/C23H29N3O2/c1-3-26(21-11-5-4-6-12-21)22(27)18-24-13-8-14-25(16-15-24)23(28)20-10-7-9-19(2)17-20/h4-7,9-12,17H,3,8,13-16,18H2,1-2H3. The molecule has 1 saturated heterocycles. The number of para-hydroxylation sites is 1. The lowest BCUT2D eigenvalue weighted by atomic mass is 10.1. The largest absolute Gasteiger partial charge is 0.337 e. The van der Waals surface area contributed by atoms with Crippen molar-refractivity contribution in [2.75, 3.05) is 44.2 Å². The van der Waals surface area contributed by atoms with Gasteiger partial charge in [0.05, 0.1) is 6.54 Å². The fraction of sp³-hybridized carbons (Fsp3) is 0.391. The first-order valence-electron chi connectivity index (χ1n) is 10.0. The van der Waals surface area contributed by atoms with Crippen molar-refractivity contribution in [2.45, 2.75) is 20.3 Å². The van der Waals surface area contributed by atoms with E-state index < -0.39 is 0 Å². The molecule has 2 aromatic carbocycles. The van der Waals surface area contributed by atoms with Crippen LogP contribution >= 0.6 is 0 Å². The number of hydrogen-bond acceptors (Lipinski definition) is 3. The second-order valence-corrected chi connectivity index (χ2v) is 7.26. The van der Waals surface area contributed by atoms with Crippen LogP contribution in [0.25, 0.3) is 0 Å². The first-order chi connectivity index (χ1) is 13.6. The second-order valence-electron chi connectivity index (χ2n) is 7.26. The zero-order valence-corrected chi connectivity index (χ0v) is 16.8. The molecule has 0 bridgehead atoms.